The SMILES string of the molecule is COc1ccc(/C=C/C(=O)Cc2cccc3c2cnn3C)cc1O. The molecule has 24 heavy (non-hydrogen) atoms. The van der Waals surface area contributed by atoms with E-state index < -0.39 is 0 Å². The fraction of sp³-hybridized carbons (Fsp3) is 0.158. The molecule has 2 aromatic carbocycles. The van der Waals surface area contributed by atoms with E-state index in [4.69, 9.17) is 4.74 Å². The second-order valence-electron chi connectivity index (χ2n) is 5.53. The zero-order valence-electron chi connectivity index (χ0n) is 13.6. The number of rotatable bonds is 5. The molecule has 0 spiro atoms. The van der Waals surface area contributed by atoms with Gasteiger partial charge in [0.05, 0.1) is 18.8 Å². The number of hydrogen-bond donors (Lipinski definition) is 1. The zero-order valence-corrected chi connectivity index (χ0v) is 13.6. The summed E-state index contributed by atoms with van der Waals surface area (Å²) < 4.78 is 6.79. The number of phenolic OH excluding ortho intramolecular Hbond substituents is 1. The van der Waals surface area contributed by atoms with Gasteiger partial charge in [0.25, 0.3) is 0 Å². The molecule has 0 aliphatic rings. The molecule has 0 bridgehead atoms. The molecule has 1 heterocycles. The summed E-state index contributed by atoms with van der Waals surface area (Å²) in [6, 6.07) is 10.9. The van der Waals surface area contributed by atoms with Crippen molar-refractivity contribution in [2.45, 2.75) is 6.42 Å². The predicted octanol–water partition coefficient (Wildman–Crippen LogP) is 3.11. The maximum Gasteiger partial charge on any atom is 0.160 e. The monoisotopic (exact) mass is 322 g/mol. The maximum absolute atomic E-state index is 12.2. The Morgan fingerprint density at radius 3 is 2.92 bits per heavy atom. The number of fused-ring (bicyclic) bond motifs is 1. The minimum atomic E-state index is -0.0124. The Morgan fingerprint density at radius 2 is 2.17 bits per heavy atom. The van der Waals surface area contributed by atoms with E-state index in [1.54, 1.807) is 35.2 Å². The number of hydrogen-bond acceptors (Lipinski definition) is 4. The third-order valence-corrected chi connectivity index (χ3v) is 3.91. The molecular formula is C19H18N2O3. The number of ketones is 1. The summed E-state index contributed by atoms with van der Waals surface area (Å²) in [5.74, 6) is 0.440. The molecule has 5 nitrogen and oxygen atoms in total. The molecule has 0 radical (unpaired) electrons. The summed E-state index contributed by atoms with van der Waals surface area (Å²) >= 11 is 0. The second-order valence-corrected chi connectivity index (χ2v) is 5.53. The number of benzene rings is 2. The van der Waals surface area contributed by atoms with Gasteiger partial charge in [-0.25, -0.2) is 0 Å². The second kappa shape index (κ2) is 6.58. The first-order valence-corrected chi connectivity index (χ1v) is 7.56. The van der Waals surface area contributed by atoms with Gasteiger partial charge < -0.3 is 9.84 Å². The Kier molecular flexibility index (Phi) is 4.33. The lowest BCUT2D eigenvalue weighted by Gasteiger charge is -2.03. The number of phenols is 1. The van der Waals surface area contributed by atoms with E-state index in [0.717, 1.165) is 22.0 Å². The van der Waals surface area contributed by atoms with Gasteiger partial charge in [0.15, 0.2) is 17.3 Å². The molecule has 1 N–H and O–H groups in total. The number of aromatic hydroxyl groups is 1. The lowest BCUT2D eigenvalue weighted by atomic mass is 10.0. The van der Waals surface area contributed by atoms with Crippen LogP contribution in [0.25, 0.3) is 17.0 Å². The largest absolute Gasteiger partial charge is 0.504 e. The molecule has 3 aromatic rings. The van der Waals surface area contributed by atoms with E-state index in [2.05, 4.69) is 5.10 Å². The zero-order chi connectivity index (χ0) is 17.1. The normalized spacial score (nSPS) is 11.2. The highest BCUT2D eigenvalue weighted by Crippen LogP contribution is 2.26. The van der Waals surface area contributed by atoms with Gasteiger partial charge in [-0.15, -0.1) is 0 Å². The lowest BCUT2D eigenvalue weighted by Crippen LogP contribution is -1.99. The quantitative estimate of drug-likeness (QED) is 0.733. The lowest BCUT2D eigenvalue weighted by molar-refractivity contribution is -0.113. The molecule has 0 fully saturated rings. The first-order valence-electron chi connectivity index (χ1n) is 7.56. The van der Waals surface area contributed by atoms with Crippen molar-refractivity contribution in [1.82, 2.24) is 9.78 Å². The Labute approximate surface area is 139 Å². The summed E-state index contributed by atoms with van der Waals surface area (Å²) in [4.78, 5) is 12.2. The molecule has 5 heteroatoms. The minimum Gasteiger partial charge on any atom is -0.504 e. The van der Waals surface area contributed by atoms with Crippen LogP contribution in [0, 0.1) is 0 Å². The number of methoxy groups -OCH3 is 1. The molecule has 0 aliphatic carbocycles. The van der Waals surface area contributed by atoms with E-state index in [1.807, 2.05) is 25.2 Å². The molecule has 0 amide bonds. The molecular weight excluding hydrogens is 304 g/mol. The first kappa shape index (κ1) is 15.8. The molecule has 0 saturated carbocycles. The third kappa shape index (κ3) is 3.15. The summed E-state index contributed by atoms with van der Waals surface area (Å²) in [6.45, 7) is 0. The Morgan fingerprint density at radius 1 is 1.33 bits per heavy atom. The number of allylic oxidation sites excluding steroid dienone is 1. The highest BCUT2D eigenvalue weighted by atomic mass is 16.5. The Hall–Kier alpha value is -3.08. The summed E-state index contributed by atoms with van der Waals surface area (Å²) in [7, 11) is 3.37. The van der Waals surface area contributed by atoms with Crippen molar-refractivity contribution in [1.29, 1.82) is 0 Å². The van der Waals surface area contributed by atoms with E-state index in [9.17, 15) is 9.90 Å². The molecule has 3 rings (SSSR count). The average molecular weight is 322 g/mol. The smallest absolute Gasteiger partial charge is 0.160 e. The van der Waals surface area contributed by atoms with Crippen LogP contribution >= 0.6 is 0 Å². The van der Waals surface area contributed by atoms with Gasteiger partial charge in [0.2, 0.25) is 0 Å². The number of carbonyl (C=O) groups excluding carboxylic acids is 1. The first-order chi connectivity index (χ1) is 11.6. The van der Waals surface area contributed by atoms with Gasteiger partial charge in [0, 0.05) is 18.9 Å². The van der Waals surface area contributed by atoms with E-state index in [1.165, 1.54) is 13.2 Å². The standard InChI is InChI=1S/C19H18N2O3/c1-21-17-5-3-4-14(16(17)12-20-21)11-15(22)8-6-13-7-9-19(24-2)18(23)10-13/h3-10,12,23H,11H2,1-2H3/b8-6+. The van der Waals surface area contributed by atoms with Crippen LogP contribution in [-0.2, 0) is 18.3 Å². The molecule has 0 aliphatic heterocycles. The maximum atomic E-state index is 12.2. The Bertz CT molecular complexity index is 926. The average Bonchev–Trinajstić information content (AvgIpc) is 2.96. The van der Waals surface area contributed by atoms with Gasteiger partial charge in [-0.3, -0.25) is 9.48 Å². The van der Waals surface area contributed by atoms with Crippen molar-refractivity contribution in [2.75, 3.05) is 7.11 Å². The predicted molar refractivity (Wildman–Crippen MR) is 93.1 cm³/mol. The molecule has 0 unspecified atom stereocenters. The number of nitrogens with zero attached hydrogens (tertiary/aromatic N) is 2. The van der Waals surface area contributed by atoms with Crippen molar-refractivity contribution in [3.05, 3.63) is 59.8 Å². The van der Waals surface area contributed by atoms with Crippen molar-refractivity contribution in [2.24, 2.45) is 7.05 Å². The van der Waals surface area contributed by atoms with Crippen LogP contribution in [0.3, 0.4) is 0 Å². The minimum absolute atomic E-state index is 0.0124. The molecule has 122 valence electrons. The van der Waals surface area contributed by atoms with Crippen LogP contribution in [0.1, 0.15) is 11.1 Å². The number of ether oxygens (including phenoxy) is 1. The third-order valence-electron chi connectivity index (χ3n) is 3.91. The summed E-state index contributed by atoms with van der Waals surface area (Å²) in [6.07, 6.45) is 5.30. The van der Waals surface area contributed by atoms with Crippen LogP contribution in [0.4, 0.5) is 0 Å². The van der Waals surface area contributed by atoms with E-state index >= 15 is 0 Å². The van der Waals surface area contributed by atoms with Crippen molar-refractivity contribution in [3.8, 4) is 11.5 Å². The van der Waals surface area contributed by atoms with Crippen LogP contribution in [0.15, 0.2) is 48.7 Å². The highest BCUT2D eigenvalue weighted by molar-refractivity contribution is 5.97. The Balaban J connectivity index is 1.76. The number of aryl methyl sites for hydroxylation is 1. The number of carbonyl (C=O) groups is 1. The topological polar surface area (TPSA) is 64.3 Å². The van der Waals surface area contributed by atoms with Crippen LogP contribution in [0.2, 0.25) is 0 Å². The van der Waals surface area contributed by atoms with Crippen molar-refractivity contribution >= 4 is 22.8 Å². The van der Waals surface area contributed by atoms with Crippen molar-refractivity contribution < 1.29 is 14.6 Å². The molecule has 1 aromatic heterocycles. The van der Waals surface area contributed by atoms with Crippen molar-refractivity contribution in [3.63, 3.8) is 0 Å². The van der Waals surface area contributed by atoms with Crippen LogP contribution < -0.4 is 4.74 Å². The van der Waals surface area contributed by atoms with Gasteiger partial charge >= 0.3 is 0 Å². The van der Waals surface area contributed by atoms with Crippen LogP contribution in [-0.4, -0.2) is 27.8 Å². The molecule has 0 atom stereocenters. The van der Waals surface area contributed by atoms with Gasteiger partial charge in [-0.2, -0.15) is 5.10 Å². The van der Waals surface area contributed by atoms with Gasteiger partial charge in [0.1, 0.15) is 0 Å². The fourth-order valence-electron chi connectivity index (χ4n) is 2.64. The highest BCUT2D eigenvalue weighted by Gasteiger charge is 2.08. The van der Waals surface area contributed by atoms with Gasteiger partial charge in [-0.1, -0.05) is 24.3 Å². The molecule has 0 saturated heterocycles. The van der Waals surface area contributed by atoms with E-state index in [-0.39, 0.29) is 11.5 Å². The van der Waals surface area contributed by atoms with Gasteiger partial charge in [-0.05, 0) is 35.4 Å². The summed E-state index contributed by atoms with van der Waals surface area (Å²) in [5.41, 5.74) is 2.69. The number of aromatic nitrogens is 2. The fourth-order valence-corrected chi connectivity index (χ4v) is 2.64. The van der Waals surface area contributed by atoms with Crippen LogP contribution in [0.5, 0.6) is 11.5 Å². The van der Waals surface area contributed by atoms with E-state index in [0.29, 0.717) is 12.2 Å². The summed E-state index contributed by atoms with van der Waals surface area (Å²) in [5, 5.41) is 15.0.